The lowest BCUT2D eigenvalue weighted by molar-refractivity contribution is -0.141. The van der Waals surface area contributed by atoms with Crippen LogP contribution in [0, 0.1) is 6.92 Å². The molecule has 0 saturated heterocycles. The molecule has 0 saturated carbocycles. The Kier molecular flexibility index (Phi) is 5.56. The summed E-state index contributed by atoms with van der Waals surface area (Å²) in [4.78, 5) is 30.4. The molecule has 0 aliphatic carbocycles. The summed E-state index contributed by atoms with van der Waals surface area (Å²) in [7, 11) is 0. The molecule has 1 rings (SSSR count). The van der Waals surface area contributed by atoms with Gasteiger partial charge in [0.05, 0.1) is 30.7 Å². The Labute approximate surface area is 105 Å². The van der Waals surface area contributed by atoms with E-state index in [1.54, 1.807) is 19.3 Å². The average Bonchev–Trinajstić information content (AvgIpc) is 2.36. The van der Waals surface area contributed by atoms with Crippen LogP contribution in [0.5, 0.6) is 0 Å². The number of nitrogens with one attached hydrogen (secondary N) is 2. The summed E-state index contributed by atoms with van der Waals surface area (Å²) >= 11 is 0. The van der Waals surface area contributed by atoms with Gasteiger partial charge in [-0.3, -0.25) is 14.8 Å². The van der Waals surface area contributed by atoms with Gasteiger partial charge in [-0.25, -0.2) is 4.79 Å². The number of amides is 2. The minimum Gasteiger partial charge on any atom is -0.465 e. The Hall–Kier alpha value is -2.18. The molecule has 0 unspecified atom stereocenters. The van der Waals surface area contributed by atoms with Gasteiger partial charge in [-0.1, -0.05) is 0 Å². The standard InChI is InChI=1S/C11H16N4O3/c1-3-18-10(16)7-15-11(17)14-6-9-5-12-8(2)4-13-9/h4-5H,3,6-7H2,1-2H3,(H2,14,15,17). The molecule has 2 N–H and O–H groups in total. The number of urea groups is 1. The van der Waals surface area contributed by atoms with Gasteiger partial charge in [0.15, 0.2) is 0 Å². The highest BCUT2D eigenvalue weighted by Gasteiger charge is 2.05. The minimum absolute atomic E-state index is 0.154. The number of rotatable bonds is 5. The van der Waals surface area contributed by atoms with Crippen LogP contribution < -0.4 is 10.6 Å². The highest BCUT2D eigenvalue weighted by atomic mass is 16.5. The molecule has 7 heteroatoms. The van der Waals surface area contributed by atoms with Crippen molar-refractivity contribution < 1.29 is 14.3 Å². The van der Waals surface area contributed by atoms with Gasteiger partial charge in [-0.05, 0) is 13.8 Å². The lowest BCUT2D eigenvalue weighted by atomic mass is 10.4. The molecule has 0 aliphatic heterocycles. The molecule has 0 radical (unpaired) electrons. The number of aryl methyl sites for hydroxylation is 1. The Morgan fingerprint density at radius 2 is 2.06 bits per heavy atom. The molecule has 18 heavy (non-hydrogen) atoms. The van der Waals surface area contributed by atoms with Gasteiger partial charge in [0, 0.05) is 6.20 Å². The molecule has 0 aromatic carbocycles. The van der Waals surface area contributed by atoms with Crippen molar-refractivity contribution in [2.24, 2.45) is 0 Å². The first kappa shape index (κ1) is 13.9. The van der Waals surface area contributed by atoms with E-state index in [1.807, 2.05) is 6.92 Å². The zero-order valence-corrected chi connectivity index (χ0v) is 10.4. The summed E-state index contributed by atoms with van der Waals surface area (Å²) in [5.74, 6) is -0.470. The maximum Gasteiger partial charge on any atom is 0.325 e. The SMILES string of the molecule is CCOC(=O)CNC(=O)NCc1cnc(C)cn1. The lowest BCUT2D eigenvalue weighted by Crippen LogP contribution is -2.38. The summed E-state index contributed by atoms with van der Waals surface area (Å²) in [6.07, 6.45) is 3.20. The van der Waals surface area contributed by atoms with Crippen molar-refractivity contribution in [1.29, 1.82) is 0 Å². The van der Waals surface area contributed by atoms with Crippen molar-refractivity contribution in [3.63, 3.8) is 0 Å². The second-order valence-corrected chi connectivity index (χ2v) is 3.49. The van der Waals surface area contributed by atoms with E-state index in [0.29, 0.717) is 12.3 Å². The number of carbonyl (C=O) groups excluding carboxylic acids is 2. The quantitative estimate of drug-likeness (QED) is 0.727. The maximum atomic E-state index is 11.3. The molecule has 1 aromatic rings. The fraction of sp³-hybridized carbons (Fsp3) is 0.455. The number of ether oxygens (including phenoxy) is 1. The van der Waals surface area contributed by atoms with Crippen LogP contribution in [0.15, 0.2) is 12.4 Å². The van der Waals surface area contributed by atoms with Gasteiger partial charge in [0.2, 0.25) is 0 Å². The number of hydrogen-bond donors (Lipinski definition) is 2. The zero-order valence-electron chi connectivity index (χ0n) is 10.4. The van der Waals surface area contributed by atoms with Gasteiger partial charge >= 0.3 is 12.0 Å². The zero-order chi connectivity index (χ0) is 13.4. The van der Waals surface area contributed by atoms with Crippen molar-refractivity contribution in [2.45, 2.75) is 20.4 Å². The molecule has 0 spiro atoms. The first-order valence-electron chi connectivity index (χ1n) is 5.56. The van der Waals surface area contributed by atoms with Crippen molar-refractivity contribution in [1.82, 2.24) is 20.6 Å². The summed E-state index contributed by atoms with van der Waals surface area (Å²) in [5.41, 5.74) is 1.46. The van der Waals surface area contributed by atoms with Crippen molar-refractivity contribution >= 4 is 12.0 Å². The van der Waals surface area contributed by atoms with Crippen LogP contribution in [-0.4, -0.2) is 35.1 Å². The summed E-state index contributed by atoms with van der Waals surface area (Å²) < 4.78 is 4.66. The van der Waals surface area contributed by atoms with Crippen LogP contribution in [0.1, 0.15) is 18.3 Å². The van der Waals surface area contributed by atoms with Gasteiger partial charge in [-0.2, -0.15) is 0 Å². The Morgan fingerprint density at radius 1 is 1.28 bits per heavy atom. The second-order valence-electron chi connectivity index (χ2n) is 3.49. The first-order valence-corrected chi connectivity index (χ1v) is 5.56. The molecule has 1 heterocycles. The van der Waals surface area contributed by atoms with Crippen LogP contribution in [-0.2, 0) is 16.1 Å². The third-order valence-electron chi connectivity index (χ3n) is 1.96. The number of carbonyl (C=O) groups is 2. The summed E-state index contributed by atoms with van der Waals surface area (Å²) in [5, 5.41) is 4.93. The van der Waals surface area contributed by atoms with Gasteiger partial charge in [0.25, 0.3) is 0 Å². The lowest BCUT2D eigenvalue weighted by Gasteiger charge is -2.06. The minimum atomic E-state index is -0.470. The van der Waals surface area contributed by atoms with E-state index in [-0.39, 0.29) is 13.1 Å². The molecule has 7 nitrogen and oxygen atoms in total. The number of nitrogens with zero attached hydrogens (tertiary/aromatic N) is 2. The smallest absolute Gasteiger partial charge is 0.325 e. The third-order valence-corrected chi connectivity index (χ3v) is 1.96. The highest BCUT2D eigenvalue weighted by molar-refractivity contribution is 5.80. The average molecular weight is 252 g/mol. The predicted octanol–water partition coefficient (Wildman–Crippen LogP) is 0.147. The number of esters is 1. The van der Waals surface area contributed by atoms with Crippen LogP contribution in [0.4, 0.5) is 4.79 Å². The largest absolute Gasteiger partial charge is 0.465 e. The normalized spacial score (nSPS) is 9.67. The summed E-state index contributed by atoms with van der Waals surface area (Å²) in [6.45, 7) is 3.92. The van der Waals surface area contributed by atoms with E-state index in [0.717, 1.165) is 5.69 Å². The Bertz CT molecular complexity index is 405. The molecule has 0 aliphatic rings. The first-order chi connectivity index (χ1) is 8.61. The van der Waals surface area contributed by atoms with Crippen LogP contribution in [0.3, 0.4) is 0 Å². The fourth-order valence-electron chi connectivity index (χ4n) is 1.11. The molecular weight excluding hydrogens is 236 g/mol. The Morgan fingerprint density at radius 3 is 2.67 bits per heavy atom. The molecule has 98 valence electrons. The monoisotopic (exact) mass is 252 g/mol. The van der Waals surface area contributed by atoms with E-state index in [4.69, 9.17) is 0 Å². The van der Waals surface area contributed by atoms with E-state index in [2.05, 4.69) is 25.3 Å². The third kappa shape index (κ3) is 5.24. The molecule has 2 amide bonds. The van der Waals surface area contributed by atoms with Crippen LogP contribution in [0.25, 0.3) is 0 Å². The maximum absolute atomic E-state index is 11.3. The van der Waals surface area contributed by atoms with Crippen LogP contribution in [0.2, 0.25) is 0 Å². The highest BCUT2D eigenvalue weighted by Crippen LogP contribution is 1.92. The Balaban J connectivity index is 2.24. The van der Waals surface area contributed by atoms with Crippen LogP contribution >= 0.6 is 0 Å². The van der Waals surface area contributed by atoms with Gasteiger partial charge < -0.3 is 15.4 Å². The molecule has 0 atom stereocenters. The van der Waals surface area contributed by atoms with Crippen molar-refractivity contribution in [3.8, 4) is 0 Å². The molecule has 0 bridgehead atoms. The van der Waals surface area contributed by atoms with Gasteiger partial charge in [-0.15, -0.1) is 0 Å². The van der Waals surface area contributed by atoms with E-state index < -0.39 is 12.0 Å². The number of hydrogen-bond acceptors (Lipinski definition) is 5. The predicted molar refractivity (Wildman–Crippen MR) is 63.6 cm³/mol. The van der Waals surface area contributed by atoms with Crippen molar-refractivity contribution in [2.75, 3.05) is 13.2 Å². The van der Waals surface area contributed by atoms with E-state index >= 15 is 0 Å². The number of aromatic nitrogens is 2. The van der Waals surface area contributed by atoms with E-state index in [9.17, 15) is 9.59 Å². The fourth-order valence-corrected chi connectivity index (χ4v) is 1.11. The molecule has 0 fully saturated rings. The molecular formula is C11H16N4O3. The second kappa shape index (κ2) is 7.21. The summed E-state index contributed by atoms with van der Waals surface area (Å²) in [6, 6.07) is -0.453. The van der Waals surface area contributed by atoms with Gasteiger partial charge in [0.1, 0.15) is 6.54 Å². The van der Waals surface area contributed by atoms with E-state index in [1.165, 1.54) is 0 Å². The topological polar surface area (TPSA) is 93.2 Å². The molecule has 1 aromatic heterocycles. The van der Waals surface area contributed by atoms with Crippen molar-refractivity contribution in [3.05, 3.63) is 23.8 Å².